The summed E-state index contributed by atoms with van der Waals surface area (Å²) in [5, 5.41) is 5.60. The summed E-state index contributed by atoms with van der Waals surface area (Å²) in [5.41, 5.74) is 2.37. The minimum Gasteiger partial charge on any atom is -0.372 e. The lowest BCUT2D eigenvalue weighted by atomic mass is 10.1. The summed E-state index contributed by atoms with van der Waals surface area (Å²) in [6, 6.07) is 5.33. The smallest absolute Gasteiger partial charge is 0.257 e. The maximum absolute atomic E-state index is 13.2. The number of halogens is 2. The summed E-state index contributed by atoms with van der Waals surface area (Å²) in [6.07, 6.45) is 3.87. The fraction of sp³-hybridized carbons (Fsp3) is 0.474. The average molecular weight is 394 g/mol. The molecule has 1 aromatic carbocycles. The molecule has 2 aliphatic rings. The molecule has 4 rings (SSSR count). The Bertz CT molecular complexity index is 837. The van der Waals surface area contributed by atoms with Gasteiger partial charge in [-0.15, -0.1) is 0 Å². The first kappa shape index (κ1) is 17.8. The van der Waals surface area contributed by atoms with Crippen LogP contribution in [0.4, 0.5) is 0 Å². The maximum Gasteiger partial charge on any atom is 0.257 e. The van der Waals surface area contributed by atoms with E-state index in [2.05, 4.69) is 5.10 Å². The van der Waals surface area contributed by atoms with Crippen LogP contribution < -0.4 is 0 Å². The van der Waals surface area contributed by atoms with E-state index < -0.39 is 0 Å². The van der Waals surface area contributed by atoms with E-state index in [1.54, 1.807) is 23.0 Å². The van der Waals surface area contributed by atoms with Crippen LogP contribution in [0.5, 0.6) is 0 Å². The van der Waals surface area contributed by atoms with Gasteiger partial charge in [-0.05, 0) is 44.9 Å². The van der Waals surface area contributed by atoms with E-state index in [1.165, 1.54) is 0 Å². The highest BCUT2D eigenvalue weighted by molar-refractivity contribution is 6.35. The van der Waals surface area contributed by atoms with Crippen molar-refractivity contribution >= 4 is 29.1 Å². The second-order valence-electron chi connectivity index (χ2n) is 7.19. The van der Waals surface area contributed by atoms with Crippen molar-refractivity contribution in [1.29, 1.82) is 0 Å². The zero-order valence-corrected chi connectivity index (χ0v) is 16.3. The Labute approximate surface area is 162 Å². The molecule has 2 fully saturated rings. The average Bonchev–Trinajstić information content (AvgIpc) is 3.32. The van der Waals surface area contributed by atoms with Crippen molar-refractivity contribution in [3.63, 3.8) is 0 Å². The highest BCUT2D eigenvalue weighted by Crippen LogP contribution is 2.43. The van der Waals surface area contributed by atoms with Gasteiger partial charge in [0.1, 0.15) is 0 Å². The highest BCUT2D eigenvalue weighted by atomic mass is 35.5. The summed E-state index contributed by atoms with van der Waals surface area (Å²) < 4.78 is 7.55. The second-order valence-corrected chi connectivity index (χ2v) is 8.04. The van der Waals surface area contributed by atoms with E-state index in [1.807, 2.05) is 24.8 Å². The Kier molecular flexibility index (Phi) is 4.71. The summed E-state index contributed by atoms with van der Waals surface area (Å²) in [6.45, 7) is 5.18. The lowest BCUT2D eigenvalue weighted by molar-refractivity contribution is -0.0586. The van der Waals surface area contributed by atoms with Crippen LogP contribution in [0.2, 0.25) is 10.0 Å². The first-order chi connectivity index (χ1) is 12.4. The van der Waals surface area contributed by atoms with Crippen LogP contribution in [0.3, 0.4) is 0 Å². The molecule has 2 heterocycles. The number of carbonyl (C=O) groups excluding carboxylic acids is 1. The third-order valence-corrected chi connectivity index (χ3v) is 5.38. The summed E-state index contributed by atoms with van der Waals surface area (Å²) in [7, 11) is 0. The van der Waals surface area contributed by atoms with E-state index in [0.717, 1.165) is 24.2 Å². The van der Waals surface area contributed by atoms with Crippen molar-refractivity contribution in [3.8, 4) is 5.69 Å². The van der Waals surface area contributed by atoms with Crippen molar-refractivity contribution in [1.82, 2.24) is 14.7 Å². The Morgan fingerprint density at radius 2 is 1.88 bits per heavy atom. The van der Waals surface area contributed by atoms with Gasteiger partial charge in [0.15, 0.2) is 0 Å². The molecule has 2 unspecified atom stereocenters. The van der Waals surface area contributed by atoms with Crippen LogP contribution in [0.15, 0.2) is 24.4 Å². The van der Waals surface area contributed by atoms with Crippen LogP contribution >= 0.6 is 23.2 Å². The molecule has 0 spiro atoms. The lowest BCUT2D eigenvalue weighted by Crippen LogP contribution is -2.48. The van der Waals surface area contributed by atoms with Gasteiger partial charge in [0.25, 0.3) is 5.91 Å². The number of morpholine rings is 1. The van der Waals surface area contributed by atoms with Crippen molar-refractivity contribution in [2.24, 2.45) is 0 Å². The van der Waals surface area contributed by atoms with E-state index in [9.17, 15) is 4.79 Å². The molecule has 1 saturated heterocycles. The minimum atomic E-state index is 0.0187. The molecule has 2 atom stereocenters. The zero-order valence-electron chi connectivity index (χ0n) is 14.8. The Hall–Kier alpha value is -1.56. The molecule has 0 N–H and O–H groups in total. The normalized spacial score (nSPS) is 23.3. The molecule has 1 aliphatic carbocycles. The number of aromatic nitrogens is 2. The van der Waals surface area contributed by atoms with Gasteiger partial charge in [-0.1, -0.05) is 23.2 Å². The van der Waals surface area contributed by atoms with Crippen molar-refractivity contribution < 1.29 is 9.53 Å². The van der Waals surface area contributed by atoms with Gasteiger partial charge in [-0.3, -0.25) is 4.79 Å². The van der Waals surface area contributed by atoms with Crippen LogP contribution in [-0.2, 0) is 4.74 Å². The van der Waals surface area contributed by atoms with E-state index in [4.69, 9.17) is 27.9 Å². The molecule has 5 nitrogen and oxygen atoms in total. The first-order valence-electron chi connectivity index (χ1n) is 8.92. The van der Waals surface area contributed by atoms with Crippen molar-refractivity contribution in [2.75, 3.05) is 13.1 Å². The van der Waals surface area contributed by atoms with Crippen LogP contribution in [0, 0.1) is 0 Å². The van der Waals surface area contributed by atoms with E-state index in [0.29, 0.717) is 34.6 Å². The number of benzene rings is 1. The first-order valence-corrected chi connectivity index (χ1v) is 9.67. The second kappa shape index (κ2) is 6.87. The van der Waals surface area contributed by atoms with Gasteiger partial charge in [-0.25, -0.2) is 4.68 Å². The monoisotopic (exact) mass is 393 g/mol. The standard InChI is InChI=1S/C19H21Cl2N3O2/c1-11-9-23(10-12(2)26-11)19(25)15-8-22-24(18(15)13-3-4-13)17-6-5-14(20)7-16(17)21/h5-8,11-13H,3-4,9-10H2,1-2H3. The Morgan fingerprint density at radius 1 is 1.19 bits per heavy atom. The molecule has 1 aromatic heterocycles. The van der Waals surface area contributed by atoms with Gasteiger partial charge < -0.3 is 9.64 Å². The lowest BCUT2D eigenvalue weighted by Gasteiger charge is -2.35. The number of ether oxygens (including phenoxy) is 1. The number of carbonyl (C=O) groups is 1. The predicted octanol–water partition coefficient (Wildman–Crippen LogP) is 4.31. The fourth-order valence-electron chi connectivity index (χ4n) is 3.63. The molecule has 2 aromatic rings. The molecule has 1 saturated carbocycles. The Balaban J connectivity index is 1.71. The largest absolute Gasteiger partial charge is 0.372 e. The molecular weight excluding hydrogens is 373 g/mol. The van der Waals surface area contributed by atoms with Gasteiger partial charge in [0.05, 0.1) is 40.4 Å². The van der Waals surface area contributed by atoms with Crippen molar-refractivity contribution in [2.45, 2.75) is 44.8 Å². The number of hydrogen-bond donors (Lipinski definition) is 0. The van der Waals surface area contributed by atoms with E-state index >= 15 is 0 Å². The van der Waals surface area contributed by atoms with Gasteiger partial charge in [-0.2, -0.15) is 5.10 Å². The van der Waals surface area contributed by atoms with Gasteiger partial charge in [0, 0.05) is 24.0 Å². The third kappa shape index (κ3) is 3.36. The number of hydrogen-bond acceptors (Lipinski definition) is 3. The molecule has 1 aliphatic heterocycles. The predicted molar refractivity (Wildman–Crippen MR) is 101 cm³/mol. The number of amides is 1. The summed E-state index contributed by atoms with van der Waals surface area (Å²) in [4.78, 5) is 15.1. The Morgan fingerprint density at radius 3 is 2.50 bits per heavy atom. The molecule has 26 heavy (non-hydrogen) atoms. The third-order valence-electron chi connectivity index (χ3n) is 4.85. The molecule has 0 radical (unpaired) electrons. The molecule has 0 bridgehead atoms. The SMILES string of the molecule is CC1CN(C(=O)c2cnn(-c3ccc(Cl)cc3Cl)c2C2CC2)CC(C)O1. The molecule has 138 valence electrons. The topological polar surface area (TPSA) is 47.4 Å². The molecular formula is C19H21Cl2N3O2. The summed E-state index contributed by atoms with van der Waals surface area (Å²) >= 11 is 12.4. The molecule has 1 amide bonds. The fourth-order valence-corrected chi connectivity index (χ4v) is 4.12. The maximum atomic E-state index is 13.2. The van der Waals surface area contributed by atoms with Crippen LogP contribution in [0.1, 0.15) is 48.7 Å². The highest BCUT2D eigenvalue weighted by Gasteiger charge is 2.36. The number of rotatable bonds is 3. The van der Waals surface area contributed by atoms with Crippen LogP contribution in [-0.4, -0.2) is 45.9 Å². The van der Waals surface area contributed by atoms with Gasteiger partial charge in [0.2, 0.25) is 0 Å². The van der Waals surface area contributed by atoms with Gasteiger partial charge >= 0.3 is 0 Å². The van der Waals surface area contributed by atoms with Crippen molar-refractivity contribution in [3.05, 3.63) is 45.7 Å². The zero-order chi connectivity index (χ0) is 18.4. The summed E-state index contributed by atoms with van der Waals surface area (Å²) in [5.74, 6) is 0.365. The quantitative estimate of drug-likeness (QED) is 0.780. The van der Waals surface area contributed by atoms with Crippen LogP contribution in [0.25, 0.3) is 5.69 Å². The molecule has 7 heteroatoms. The number of nitrogens with zero attached hydrogens (tertiary/aromatic N) is 3. The minimum absolute atomic E-state index is 0.0187. The van der Waals surface area contributed by atoms with E-state index in [-0.39, 0.29) is 18.1 Å².